The van der Waals surface area contributed by atoms with E-state index in [4.69, 9.17) is 9.57 Å². The summed E-state index contributed by atoms with van der Waals surface area (Å²) in [6.45, 7) is 2.00. The molecule has 4 nitrogen and oxygen atoms in total. The van der Waals surface area contributed by atoms with Gasteiger partial charge in [0.05, 0.1) is 7.11 Å². The topological polar surface area (TPSA) is 36.3 Å². The maximum absolute atomic E-state index is 4.98. The third-order valence-electron chi connectivity index (χ3n) is 1.45. The maximum Gasteiger partial charge on any atom is 0.239 e. The summed E-state index contributed by atoms with van der Waals surface area (Å²) in [4.78, 5) is 8.80. The molecule has 1 heterocycles. The molecule has 0 aliphatic heterocycles. The second kappa shape index (κ2) is 3.27. The molecule has 0 bridgehead atoms. The molecule has 0 amide bonds. The molecule has 1 aromatic rings. The van der Waals surface area contributed by atoms with Gasteiger partial charge in [0.25, 0.3) is 0 Å². The fourth-order valence-corrected chi connectivity index (χ4v) is 0.912. The molecule has 11 heavy (non-hydrogen) atoms. The van der Waals surface area contributed by atoms with Gasteiger partial charge in [-0.25, -0.2) is 0 Å². The third-order valence-corrected chi connectivity index (χ3v) is 1.45. The number of aromatic nitrogens is 2. The number of nitrogens with zero attached hydrogens (tertiary/aromatic N) is 2. The molecular weight excluding hydrogens is 144 g/mol. The van der Waals surface area contributed by atoms with E-state index in [9.17, 15) is 0 Å². The van der Waals surface area contributed by atoms with E-state index >= 15 is 0 Å². The van der Waals surface area contributed by atoms with E-state index in [1.165, 1.54) is 4.73 Å². The zero-order valence-electron chi connectivity index (χ0n) is 6.92. The summed E-state index contributed by atoms with van der Waals surface area (Å²) >= 11 is 0. The van der Waals surface area contributed by atoms with Crippen LogP contribution in [0.3, 0.4) is 0 Å². The van der Waals surface area contributed by atoms with E-state index < -0.39 is 0 Å². The number of hydrogen-bond donors (Lipinski definition) is 0. The summed E-state index contributed by atoms with van der Waals surface area (Å²) in [6.07, 6.45) is 3.46. The van der Waals surface area contributed by atoms with Crippen LogP contribution < -0.4 is 9.57 Å². The van der Waals surface area contributed by atoms with Crippen LogP contribution in [0.25, 0.3) is 0 Å². The summed E-state index contributed by atoms with van der Waals surface area (Å²) in [6, 6.07) is 0. The lowest BCUT2D eigenvalue weighted by atomic mass is 10.4. The fraction of sp³-hybridized carbons (Fsp3) is 0.571. The highest BCUT2D eigenvalue weighted by Gasteiger charge is 2.09. The highest BCUT2D eigenvalue weighted by atomic mass is 16.6. The molecule has 0 aliphatic carbocycles. The minimum Gasteiger partial charge on any atom is -0.480 e. The number of ether oxygens (including phenoxy) is 1. The first-order valence-corrected chi connectivity index (χ1v) is 3.41. The Morgan fingerprint density at radius 3 is 2.73 bits per heavy atom. The Bertz CT molecular complexity index is 211. The smallest absolute Gasteiger partial charge is 0.239 e. The molecule has 0 saturated carbocycles. The van der Waals surface area contributed by atoms with Crippen molar-refractivity contribution in [1.29, 1.82) is 0 Å². The van der Waals surface area contributed by atoms with Gasteiger partial charge in [-0.15, -0.1) is 0 Å². The van der Waals surface area contributed by atoms with E-state index in [2.05, 4.69) is 11.3 Å². The zero-order chi connectivity index (χ0) is 8.27. The van der Waals surface area contributed by atoms with Gasteiger partial charge in [-0.3, -0.25) is 0 Å². The molecule has 1 radical (unpaired) electrons. The average molecular weight is 155 g/mol. The van der Waals surface area contributed by atoms with Crippen LogP contribution in [0.2, 0.25) is 0 Å². The molecule has 0 aromatic carbocycles. The molecule has 61 valence electrons. The largest absolute Gasteiger partial charge is 0.480 e. The summed E-state index contributed by atoms with van der Waals surface area (Å²) in [5, 5.41) is 0. The lowest BCUT2D eigenvalue weighted by Gasteiger charge is -2.03. The van der Waals surface area contributed by atoms with Gasteiger partial charge >= 0.3 is 0 Å². The second-order valence-corrected chi connectivity index (χ2v) is 2.00. The van der Waals surface area contributed by atoms with Crippen LogP contribution in [0.1, 0.15) is 12.6 Å². The molecule has 0 N–H and O–H groups in total. The predicted octanol–water partition coefficient (Wildman–Crippen LogP) is 0.313. The standard InChI is InChI=1S/C7H11N2O2/c1-4-6-7(10-2)8-5-9(6)11-3/h4H2,1-3H3. The van der Waals surface area contributed by atoms with Gasteiger partial charge in [-0.05, 0) is 6.42 Å². The van der Waals surface area contributed by atoms with Crippen molar-refractivity contribution in [3.05, 3.63) is 12.0 Å². The van der Waals surface area contributed by atoms with Crippen molar-refractivity contribution in [2.24, 2.45) is 0 Å². The van der Waals surface area contributed by atoms with Crippen LogP contribution in [0.4, 0.5) is 0 Å². The Labute approximate surface area is 65.7 Å². The highest BCUT2D eigenvalue weighted by Crippen LogP contribution is 2.13. The van der Waals surface area contributed by atoms with Gasteiger partial charge < -0.3 is 9.57 Å². The molecule has 1 rings (SSSR count). The molecule has 1 aromatic heterocycles. The molecule has 0 fully saturated rings. The Hall–Kier alpha value is -1.19. The van der Waals surface area contributed by atoms with Crippen LogP contribution in [0.5, 0.6) is 5.88 Å². The second-order valence-electron chi connectivity index (χ2n) is 2.00. The summed E-state index contributed by atoms with van der Waals surface area (Å²) in [7, 11) is 3.14. The summed E-state index contributed by atoms with van der Waals surface area (Å²) < 4.78 is 6.45. The van der Waals surface area contributed by atoms with Crippen LogP contribution in [0, 0.1) is 6.33 Å². The highest BCUT2D eigenvalue weighted by molar-refractivity contribution is 5.17. The summed E-state index contributed by atoms with van der Waals surface area (Å²) in [5.41, 5.74) is 0.898. The molecule has 0 saturated heterocycles. The molecule has 0 spiro atoms. The molecule has 4 heteroatoms. The molecule has 0 aliphatic rings. The van der Waals surface area contributed by atoms with Crippen molar-refractivity contribution in [1.82, 2.24) is 9.71 Å². The monoisotopic (exact) mass is 155 g/mol. The van der Waals surface area contributed by atoms with E-state index in [-0.39, 0.29) is 0 Å². The normalized spacial score (nSPS) is 9.73. The van der Waals surface area contributed by atoms with Crippen molar-refractivity contribution < 1.29 is 9.57 Å². The van der Waals surface area contributed by atoms with E-state index in [0.717, 1.165) is 12.1 Å². The molecule has 0 atom stereocenters. The average Bonchev–Trinajstić information content (AvgIpc) is 2.45. The van der Waals surface area contributed by atoms with Crippen molar-refractivity contribution >= 4 is 0 Å². The van der Waals surface area contributed by atoms with Crippen LogP contribution >= 0.6 is 0 Å². The van der Waals surface area contributed by atoms with Crippen molar-refractivity contribution in [2.45, 2.75) is 13.3 Å². The first-order chi connectivity index (χ1) is 5.33. The zero-order valence-corrected chi connectivity index (χ0v) is 6.92. The van der Waals surface area contributed by atoms with Gasteiger partial charge in [0.15, 0.2) is 0 Å². The molecule has 0 unspecified atom stereocenters. The Morgan fingerprint density at radius 1 is 1.55 bits per heavy atom. The van der Waals surface area contributed by atoms with Gasteiger partial charge in [0.2, 0.25) is 12.2 Å². The van der Waals surface area contributed by atoms with Crippen LogP contribution in [-0.4, -0.2) is 23.9 Å². The molecular formula is C7H11N2O2. The number of hydrogen-bond acceptors (Lipinski definition) is 3. The Kier molecular flexibility index (Phi) is 2.36. The van der Waals surface area contributed by atoms with Crippen molar-refractivity contribution in [3.63, 3.8) is 0 Å². The van der Waals surface area contributed by atoms with E-state index in [1.807, 2.05) is 6.92 Å². The van der Waals surface area contributed by atoms with Crippen LogP contribution in [-0.2, 0) is 6.42 Å². The third kappa shape index (κ3) is 1.29. The van der Waals surface area contributed by atoms with Crippen LogP contribution in [0.15, 0.2) is 0 Å². The van der Waals surface area contributed by atoms with Gasteiger partial charge in [0.1, 0.15) is 12.8 Å². The number of rotatable bonds is 3. The Morgan fingerprint density at radius 2 is 2.27 bits per heavy atom. The van der Waals surface area contributed by atoms with Crippen molar-refractivity contribution in [2.75, 3.05) is 14.2 Å². The minimum atomic E-state index is 0.578. The maximum atomic E-state index is 4.98. The number of imidazole rings is 1. The number of methoxy groups -OCH3 is 1. The van der Waals surface area contributed by atoms with Crippen molar-refractivity contribution in [3.8, 4) is 5.88 Å². The lowest BCUT2D eigenvalue weighted by Crippen LogP contribution is -2.08. The fourth-order valence-electron chi connectivity index (χ4n) is 0.912. The first-order valence-electron chi connectivity index (χ1n) is 3.41. The van der Waals surface area contributed by atoms with Gasteiger partial charge in [-0.2, -0.15) is 9.71 Å². The minimum absolute atomic E-state index is 0.578. The van der Waals surface area contributed by atoms with Gasteiger partial charge in [-0.1, -0.05) is 6.92 Å². The van der Waals surface area contributed by atoms with E-state index in [0.29, 0.717) is 5.88 Å². The first kappa shape index (κ1) is 7.91. The lowest BCUT2D eigenvalue weighted by molar-refractivity contribution is 0.156. The van der Waals surface area contributed by atoms with Gasteiger partial charge in [0, 0.05) is 0 Å². The predicted molar refractivity (Wildman–Crippen MR) is 39.5 cm³/mol. The quantitative estimate of drug-likeness (QED) is 0.630. The summed E-state index contributed by atoms with van der Waals surface area (Å²) in [5.74, 6) is 0.578. The van der Waals surface area contributed by atoms with E-state index in [1.54, 1.807) is 14.2 Å². The Balaban J connectivity index is 2.99. The SMILES string of the molecule is CCc1c(OC)n[c]n1OC.